The summed E-state index contributed by atoms with van der Waals surface area (Å²) in [5, 5.41) is 12.2. The van der Waals surface area contributed by atoms with E-state index in [1.54, 1.807) is 31.3 Å². The number of aliphatic hydroxyl groups is 1. The third-order valence-electron chi connectivity index (χ3n) is 7.74. The van der Waals surface area contributed by atoms with Crippen LogP contribution in [0.5, 0.6) is 5.75 Å². The van der Waals surface area contributed by atoms with Crippen molar-refractivity contribution in [3.05, 3.63) is 53.3 Å². The van der Waals surface area contributed by atoms with E-state index in [1.165, 1.54) is 38.2 Å². The standard InChI is InChI=1S/C26H34FNO4.C5H10/c1-19-14-20(16-22(15-19)32-3)25-23(9-6-10-24(25)27)26(30,11-4-5-13-31-2)21-8-7-12-28(17-21)18-29;1-2-4-5-3-1/h6,9-10,14-16,18,21,30H,4-5,7-8,11-13,17H2,1-3H3;1-5H2. The molecule has 1 heterocycles. The third-order valence-corrected chi connectivity index (χ3v) is 7.74. The van der Waals surface area contributed by atoms with Crippen LogP contribution in [0.1, 0.15) is 75.3 Å². The van der Waals surface area contributed by atoms with Gasteiger partial charge in [0.1, 0.15) is 11.6 Å². The highest BCUT2D eigenvalue weighted by molar-refractivity contribution is 5.71. The Balaban J connectivity index is 0.000000678. The lowest BCUT2D eigenvalue weighted by atomic mass is 9.72. The van der Waals surface area contributed by atoms with Gasteiger partial charge in [0.2, 0.25) is 6.41 Å². The van der Waals surface area contributed by atoms with Crippen LogP contribution in [0.25, 0.3) is 11.1 Å². The summed E-state index contributed by atoms with van der Waals surface area (Å²) in [7, 11) is 3.24. The molecular formula is C31H44FNO4. The summed E-state index contributed by atoms with van der Waals surface area (Å²) in [6.45, 7) is 3.68. The van der Waals surface area contributed by atoms with Gasteiger partial charge in [-0.05, 0) is 73.9 Å². The molecule has 2 aromatic carbocycles. The number of carbonyl (C=O) groups is 1. The molecule has 0 bridgehead atoms. The lowest BCUT2D eigenvalue weighted by Crippen LogP contribution is -2.46. The molecule has 0 spiro atoms. The van der Waals surface area contributed by atoms with Gasteiger partial charge in [-0.3, -0.25) is 4.79 Å². The Hall–Kier alpha value is -2.44. The lowest BCUT2D eigenvalue weighted by Gasteiger charge is -2.43. The highest BCUT2D eigenvalue weighted by atomic mass is 19.1. The summed E-state index contributed by atoms with van der Waals surface area (Å²) in [6, 6.07) is 10.5. The Kier molecular flexibility index (Phi) is 11.4. The van der Waals surface area contributed by atoms with Crippen LogP contribution in [0.2, 0.25) is 0 Å². The summed E-state index contributed by atoms with van der Waals surface area (Å²) >= 11 is 0. The first-order valence-electron chi connectivity index (χ1n) is 13.8. The molecule has 1 aliphatic heterocycles. The summed E-state index contributed by atoms with van der Waals surface area (Å²) in [5.41, 5.74) is 1.31. The van der Waals surface area contributed by atoms with E-state index in [-0.39, 0.29) is 11.7 Å². The minimum atomic E-state index is -1.27. The molecule has 2 atom stereocenters. The lowest BCUT2D eigenvalue weighted by molar-refractivity contribution is -0.123. The molecule has 1 amide bonds. The number of piperidine rings is 1. The molecule has 4 rings (SSSR count). The van der Waals surface area contributed by atoms with Gasteiger partial charge in [-0.15, -0.1) is 0 Å². The average molecular weight is 514 g/mol. The summed E-state index contributed by atoms with van der Waals surface area (Å²) < 4.78 is 25.9. The zero-order valence-corrected chi connectivity index (χ0v) is 22.8. The molecular weight excluding hydrogens is 469 g/mol. The molecule has 0 radical (unpaired) electrons. The van der Waals surface area contributed by atoms with Crippen LogP contribution < -0.4 is 4.74 Å². The van der Waals surface area contributed by atoms with Crippen LogP contribution in [0.15, 0.2) is 36.4 Å². The van der Waals surface area contributed by atoms with Crippen molar-refractivity contribution in [1.82, 2.24) is 4.90 Å². The second-order valence-corrected chi connectivity index (χ2v) is 10.5. The first-order chi connectivity index (χ1) is 17.9. The van der Waals surface area contributed by atoms with E-state index in [4.69, 9.17) is 9.47 Å². The number of nitrogens with zero attached hydrogens (tertiary/aromatic N) is 1. The molecule has 1 aliphatic carbocycles. The third kappa shape index (κ3) is 7.78. The molecule has 1 saturated carbocycles. The number of methoxy groups -OCH3 is 2. The number of ether oxygens (including phenoxy) is 2. The van der Waals surface area contributed by atoms with Gasteiger partial charge in [0, 0.05) is 38.3 Å². The number of benzene rings is 2. The highest BCUT2D eigenvalue weighted by Crippen LogP contribution is 2.45. The zero-order valence-electron chi connectivity index (χ0n) is 22.8. The van der Waals surface area contributed by atoms with Gasteiger partial charge >= 0.3 is 0 Å². The van der Waals surface area contributed by atoms with Crippen LogP contribution in [0, 0.1) is 18.7 Å². The maximum absolute atomic E-state index is 15.3. The van der Waals surface area contributed by atoms with Crippen LogP contribution in [-0.2, 0) is 15.1 Å². The maximum Gasteiger partial charge on any atom is 0.209 e. The van der Waals surface area contributed by atoms with Crippen molar-refractivity contribution in [3.8, 4) is 16.9 Å². The van der Waals surface area contributed by atoms with Crippen molar-refractivity contribution in [2.75, 3.05) is 33.9 Å². The Morgan fingerprint density at radius 3 is 2.46 bits per heavy atom. The number of amides is 1. The quantitative estimate of drug-likeness (QED) is 0.286. The largest absolute Gasteiger partial charge is 0.497 e. The molecule has 2 fully saturated rings. The molecule has 204 valence electrons. The van der Waals surface area contributed by atoms with Crippen molar-refractivity contribution >= 4 is 6.41 Å². The minimum absolute atomic E-state index is 0.184. The molecule has 0 aromatic heterocycles. The van der Waals surface area contributed by atoms with E-state index in [0.29, 0.717) is 48.6 Å². The fourth-order valence-corrected chi connectivity index (χ4v) is 5.76. The predicted octanol–water partition coefficient (Wildman–Crippen LogP) is 6.63. The number of carbonyl (C=O) groups excluding carboxylic acids is 1. The number of halogens is 1. The van der Waals surface area contributed by atoms with E-state index >= 15 is 4.39 Å². The highest BCUT2D eigenvalue weighted by Gasteiger charge is 2.42. The van der Waals surface area contributed by atoms with Crippen LogP contribution in [0.4, 0.5) is 4.39 Å². The van der Waals surface area contributed by atoms with E-state index < -0.39 is 5.60 Å². The zero-order chi connectivity index (χ0) is 26.7. The number of unbranched alkanes of at least 4 members (excludes halogenated alkanes) is 1. The molecule has 1 saturated heterocycles. The Labute approximate surface area is 222 Å². The van der Waals surface area contributed by atoms with E-state index in [9.17, 15) is 9.90 Å². The topological polar surface area (TPSA) is 59.0 Å². The van der Waals surface area contributed by atoms with Crippen LogP contribution >= 0.6 is 0 Å². The first kappa shape index (κ1) is 29.1. The Morgan fingerprint density at radius 1 is 1.08 bits per heavy atom. The number of aryl methyl sites for hydroxylation is 1. The average Bonchev–Trinajstić information content (AvgIpc) is 3.51. The molecule has 5 nitrogen and oxygen atoms in total. The summed E-state index contributed by atoms with van der Waals surface area (Å²) in [4.78, 5) is 13.2. The molecule has 2 aromatic rings. The molecule has 2 unspecified atom stereocenters. The molecule has 1 N–H and O–H groups in total. The Morgan fingerprint density at radius 2 is 1.81 bits per heavy atom. The number of hydrogen-bond donors (Lipinski definition) is 1. The minimum Gasteiger partial charge on any atom is -0.497 e. The van der Waals surface area contributed by atoms with Crippen molar-refractivity contribution in [2.45, 2.75) is 76.7 Å². The fourth-order valence-electron chi connectivity index (χ4n) is 5.76. The van der Waals surface area contributed by atoms with Gasteiger partial charge in [0.25, 0.3) is 0 Å². The summed E-state index contributed by atoms with van der Waals surface area (Å²) in [5.74, 6) is 0.0763. The van der Waals surface area contributed by atoms with E-state index in [2.05, 4.69) is 0 Å². The smallest absolute Gasteiger partial charge is 0.209 e. The summed E-state index contributed by atoms with van der Waals surface area (Å²) in [6.07, 6.45) is 11.9. The maximum atomic E-state index is 15.3. The van der Waals surface area contributed by atoms with Crippen LogP contribution in [-0.4, -0.2) is 50.3 Å². The molecule has 6 heteroatoms. The SMILES string of the molecule is C1CCCC1.COCCCCC(O)(c1cccc(F)c1-c1cc(C)cc(OC)c1)C1CCCN(C=O)C1. The van der Waals surface area contributed by atoms with Crippen LogP contribution in [0.3, 0.4) is 0 Å². The fraction of sp³-hybridized carbons (Fsp3) is 0.581. The van der Waals surface area contributed by atoms with E-state index in [1.807, 2.05) is 25.1 Å². The second-order valence-electron chi connectivity index (χ2n) is 10.5. The van der Waals surface area contributed by atoms with Crippen molar-refractivity contribution in [1.29, 1.82) is 0 Å². The molecule has 37 heavy (non-hydrogen) atoms. The van der Waals surface area contributed by atoms with Crippen molar-refractivity contribution in [2.24, 2.45) is 5.92 Å². The van der Waals surface area contributed by atoms with Gasteiger partial charge in [0.05, 0.1) is 12.7 Å². The number of likely N-dealkylation sites (tertiary alicyclic amines) is 1. The van der Waals surface area contributed by atoms with Gasteiger partial charge in [-0.25, -0.2) is 4.39 Å². The second kappa shape index (κ2) is 14.5. The number of rotatable bonds is 10. The van der Waals surface area contributed by atoms with Gasteiger partial charge in [-0.1, -0.05) is 50.3 Å². The Bertz CT molecular complexity index is 986. The first-order valence-corrected chi connectivity index (χ1v) is 13.8. The van der Waals surface area contributed by atoms with E-state index in [0.717, 1.165) is 37.7 Å². The predicted molar refractivity (Wildman–Crippen MR) is 146 cm³/mol. The number of hydrogen-bond acceptors (Lipinski definition) is 4. The van der Waals surface area contributed by atoms with Gasteiger partial charge < -0.3 is 19.5 Å². The van der Waals surface area contributed by atoms with Crippen molar-refractivity contribution < 1.29 is 23.8 Å². The van der Waals surface area contributed by atoms with Gasteiger partial charge in [-0.2, -0.15) is 0 Å². The van der Waals surface area contributed by atoms with Gasteiger partial charge in [0.15, 0.2) is 0 Å². The monoisotopic (exact) mass is 513 g/mol. The molecule has 2 aliphatic rings. The van der Waals surface area contributed by atoms with Crippen molar-refractivity contribution in [3.63, 3.8) is 0 Å². The normalized spacial score (nSPS) is 19.1.